The summed E-state index contributed by atoms with van der Waals surface area (Å²) in [7, 11) is 0. The van der Waals surface area contributed by atoms with Crippen LogP contribution < -0.4 is 0 Å². The number of halogens is 2. The molecule has 0 aliphatic rings. The topological polar surface area (TPSA) is 17.1 Å². The van der Waals surface area contributed by atoms with E-state index in [2.05, 4.69) is 38.5 Å². The van der Waals surface area contributed by atoms with Gasteiger partial charge < -0.3 is 0 Å². The van der Waals surface area contributed by atoms with Crippen LogP contribution in [-0.2, 0) is 4.79 Å². The van der Waals surface area contributed by atoms with Crippen molar-refractivity contribution in [1.29, 1.82) is 0 Å². The minimum Gasteiger partial charge on any atom is -0.298 e. The molecule has 0 aliphatic heterocycles. The van der Waals surface area contributed by atoms with Crippen molar-refractivity contribution in [2.45, 2.75) is 35.4 Å². The van der Waals surface area contributed by atoms with Gasteiger partial charge in [0.15, 0.2) is 0 Å². The fourth-order valence-electron chi connectivity index (χ4n) is 0.419. The second-order valence-electron chi connectivity index (χ2n) is 3.03. The molecule has 0 saturated carbocycles. The van der Waals surface area contributed by atoms with Gasteiger partial charge in [-0.2, -0.15) is 0 Å². The van der Waals surface area contributed by atoms with E-state index in [0.29, 0.717) is 0 Å². The van der Waals surface area contributed by atoms with Crippen LogP contribution in [0.3, 0.4) is 0 Å². The summed E-state index contributed by atoms with van der Waals surface area (Å²) in [5.41, 5.74) is 0. The van der Waals surface area contributed by atoms with Crippen molar-refractivity contribution in [1.82, 2.24) is 0 Å². The lowest BCUT2D eigenvalue weighted by Gasteiger charge is -2.32. The third-order valence-electron chi connectivity index (χ3n) is 1.78. The number of hydrogen-bond acceptors (Lipinski definition) is 1. The van der Waals surface area contributed by atoms with Crippen LogP contribution in [0.1, 0.15) is 27.7 Å². The second-order valence-corrected chi connectivity index (χ2v) is 7.31. The summed E-state index contributed by atoms with van der Waals surface area (Å²) in [6.45, 7) is 7.57. The quantitative estimate of drug-likeness (QED) is 0.565. The zero-order valence-electron chi connectivity index (χ0n) is 6.66. The molecule has 0 heterocycles. The number of ketones is 1. The van der Waals surface area contributed by atoms with E-state index in [4.69, 9.17) is 0 Å². The Balaban J connectivity index is 4.57. The predicted molar refractivity (Wildman–Crippen MR) is 56.1 cm³/mol. The first-order chi connectivity index (χ1) is 4.19. The smallest absolute Gasteiger partial charge is 0.147 e. The Kier molecular flexibility index (Phi) is 3.36. The first-order valence-electron chi connectivity index (χ1n) is 3.08. The van der Waals surface area contributed by atoms with Crippen molar-refractivity contribution in [3.05, 3.63) is 0 Å². The van der Waals surface area contributed by atoms with Gasteiger partial charge in [-0.05, 0) is 27.7 Å². The summed E-state index contributed by atoms with van der Waals surface area (Å²) in [5, 5.41) is 0. The van der Waals surface area contributed by atoms with Crippen LogP contribution in [0.5, 0.6) is 0 Å². The van der Waals surface area contributed by atoms with E-state index >= 15 is 0 Å². The highest BCUT2D eigenvalue weighted by atomic mass is 127. The Labute approximate surface area is 84.2 Å². The van der Waals surface area contributed by atoms with Crippen molar-refractivity contribution in [3.8, 4) is 0 Å². The number of carbonyl (C=O) groups excluding carboxylic acids is 1. The van der Waals surface area contributed by atoms with Gasteiger partial charge in [0.1, 0.15) is 5.78 Å². The van der Waals surface area contributed by atoms with Crippen LogP contribution in [0.25, 0.3) is 0 Å². The fourth-order valence-corrected chi connectivity index (χ4v) is 0.798. The molecule has 3 heteroatoms. The number of hydrogen-bond donors (Lipinski definition) is 0. The highest BCUT2D eigenvalue weighted by Crippen LogP contribution is 2.38. The maximum Gasteiger partial charge on any atom is 0.147 e. The molecule has 0 aromatic heterocycles. The van der Waals surface area contributed by atoms with Gasteiger partial charge >= 0.3 is 0 Å². The minimum atomic E-state index is -0.402. The molecule has 10 heavy (non-hydrogen) atoms. The summed E-state index contributed by atoms with van der Waals surface area (Å²) in [4.78, 5) is 11.1. The lowest BCUT2D eigenvalue weighted by molar-refractivity contribution is -0.119. The van der Waals surface area contributed by atoms with Crippen molar-refractivity contribution in [2.24, 2.45) is 0 Å². The highest BCUT2D eigenvalue weighted by molar-refractivity contribution is 14.1. The molecule has 0 amide bonds. The van der Waals surface area contributed by atoms with E-state index in [-0.39, 0.29) is 9.20 Å². The Bertz CT molecular complexity index is 146. The van der Waals surface area contributed by atoms with Gasteiger partial charge in [0.25, 0.3) is 0 Å². The molecule has 1 unspecified atom stereocenters. The molecule has 0 aliphatic carbocycles. The molecule has 0 bridgehead atoms. The molecule has 0 saturated heterocycles. The van der Waals surface area contributed by atoms with E-state index in [0.717, 1.165) is 0 Å². The Morgan fingerprint density at radius 1 is 1.40 bits per heavy atom. The highest BCUT2D eigenvalue weighted by Gasteiger charge is 2.40. The number of rotatable bonds is 2. The second kappa shape index (κ2) is 3.09. The molecule has 0 aromatic rings. The Morgan fingerprint density at radius 3 is 1.70 bits per heavy atom. The monoisotopic (exact) mass is 318 g/mol. The van der Waals surface area contributed by atoms with Gasteiger partial charge in [0, 0.05) is 3.42 Å². The first kappa shape index (κ1) is 10.9. The van der Waals surface area contributed by atoms with Crippen molar-refractivity contribution in [2.75, 3.05) is 0 Å². The average molecular weight is 319 g/mol. The van der Waals surface area contributed by atoms with Crippen LogP contribution in [0.2, 0.25) is 0 Å². The normalized spacial score (nSPS) is 18.2. The maximum absolute atomic E-state index is 11.1. The minimum absolute atomic E-state index is 0.0450. The fraction of sp³-hybridized carbons (Fsp3) is 0.857. The van der Waals surface area contributed by atoms with E-state index < -0.39 is 4.32 Å². The van der Waals surface area contributed by atoms with E-state index in [1.807, 2.05) is 20.8 Å². The summed E-state index contributed by atoms with van der Waals surface area (Å²) >= 11 is 5.68. The molecule has 1 nitrogen and oxygen atoms in total. The summed E-state index contributed by atoms with van der Waals surface area (Å²) in [6.07, 6.45) is 0. The van der Waals surface area contributed by atoms with Gasteiger partial charge in [0.2, 0.25) is 0 Å². The summed E-state index contributed by atoms with van der Waals surface area (Å²) in [6, 6.07) is 0. The van der Waals surface area contributed by atoms with Crippen molar-refractivity contribution < 1.29 is 4.79 Å². The van der Waals surface area contributed by atoms with Gasteiger partial charge in [-0.3, -0.25) is 4.79 Å². The maximum atomic E-state index is 11.1. The molecule has 0 N–H and O–H groups in total. The SMILES string of the molecule is CC(=O)C(C)(Br)C(C)(C)I. The van der Waals surface area contributed by atoms with Crippen molar-refractivity contribution in [3.63, 3.8) is 0 Å². The summed E-state index contributed by atoms with van der Waals surface area (Å²) in [5.74, 6) is 0.173. The largest absolute Gasteiger partial charge is 0.298 e. The third-order valence-corrected chi connectivity index (χ3v) is 5.15. The molecular weight excluding hydrogens is 307 g/mol. The van der Waals surface area contributed by atoms with E-state index in [1.54, 1.807) is 6.92 Å². The van der Waals surface area contributed by atoms with E-state index in [1.165, 1.54) is 0 Å². The standard InChI is InChI=1S/C7H12BrIO/c1-5(10)7(4,8)6(2,3)9/h1-4H3. The molecule has 0 rings (SSSR count). The molecule has 0 radical (unpaired) electrons. The zero-order valence-corrected chi connectivity index (χ0v) is 10.4. The van der Waals surface area contributed by atoms with Crippen LogP contribution in [0.15, 0.2) is 0 Å². The van der Waals surface area contributed by atoms with Crippen LogP contribution >= 0.6 is 38.5 Å². The molecule has 0 spiro atoms. The molecule has 0 aromatic carbocycles. The molecule has 0 fully saturated rings. The Hall–Kier alpha value is 0.880. The zero-order chi connectivity index (χ0) is 8.58. The Morgan fingerprint density at radius 2 is 1.70 bits per heavy atom. The van der Waals surface area contributed by atoms with Gasteiger partial charge in [-0.1, -0.05) is 38.5 Å². The molecular formula is C7H12BrIO. The predicted octanol–water partition coefficient (Wildman–Crippen LogP) is 2.94. The van der Waals surface area contributed by atoms with Crippen molar-refractivity contribution >= 4 is 44.3 Å². The lowest BCUT2D eigenvalue weighted by atomic mass is 9.94. The average Bonchev–Trinajstić information content (AvgIpc) is 1.62. The van der Waals surface area contributed by atoms with Gasteiger partial charge in [-0.15, -0.1) is 0 Å². The van der Waals surface area contributed by atoms with Gasteiger partial charge in [-0.25, -0.2) is 0 Å². The lowest BCUT2D eigenvalue weighted by Crippen LogP contribution is -2.42. The van der Waals surface area contributed by atoms with Crippen LogP contribution in [0.4, 0.5) is 0 Å². The number of carbonyl (C=O) groups is 1. The summed E-state index contributed by atoms with van der Waals surface area (Å²) < 4.78 is -0.447. The number of Topliss-reactive ketones (excluding diaryl/α,β-unsaturated/α-hetero) is 1. The molecule has 1 atom stereocenters. The van der Waals surface area contributed by atoms with Crippen LogP contribution in [-0.4, -0.2) is 13.5 Å². The number of alkyl halides is 2. The third kappa shape index (κ3) is 2.19. The first-order valence-corrected chi connectivity index (χ1v) is 4.95. The van der Waals surface area contributed by atoms with Crippen LogP contribution in [0, 0.1) is 0 Å². The van der Waals surface area contributed by atoms with Gasteiger partial charge in [0.05, 0.1) is 4.32 Å². The molecule has 60 valence electrons. The van der Waals surface area contributed by atoms with E-state index in [9.17, 15) is 4.79 Å².